The summed E-state index contributed by atoms with van der Waals surface area (Å²) in [5, 5.41) is 1.47. The molecule has 3 nitrogen and oxygen atoms in total. The second kappa shape index (κ2) is 7.95. The Balaban J connectivity index is 2.27. The predicted octanol–water partition coefficient (Wildman–Crippen LogP) is 6.57. The highest BCUT2D eigenvalue weighted by Crippen LogP contribution is 2.60. The third kappa shape index (κ3) is 4.15. The number of hydrogen-bond donors (Lipinski definition) is 0. The summed E-state index contributed by atoms with van der Waals surface area (Å²) in [7, 11) is -0.506. The Kier molecular flexibility index (Phi) is 5.96. The highest BCUT2D eigenvalue weighted by Gasteiger charge is 2.41. The first-order valence-electron chi connectivity index (χ1n) is 10.1. The van der Waals surface area contributed by atoms with Crippen LogP contribution in [0.15, 0.2) is 36.4 Å². The summed E-state index contributed by atoms with van der Waals surface area (Å²) in [4.78, 5) is 0. The summed E-state index contributed by atoms with van der Waals surface area (Å²) in [5.74, 6) is 2.93. The average Bonchev–Trinajstić information content (AvgIpc) is 2.90. The lowest BCUT2D eigenvalue weighted by Crippen LogP contribution is -2.23. The first kappa shape index (κ1) is 21.0. The molecule has 2 aromatic carbocycles. The number of ether oxygens (including phenoxy) is 3. The van der Waals surface area contributed by atoms with Gasteiger partial charge in [0.2, 0.25) is 0 Å². The zero-order valence-electron chi connectivity index (χ0n) is 18.4. The van der Waals surface area contributed by atoms with Gasteiger partial charge < -0.3 is 14.2 Å². The SMILES string of the molecule is CC(C)Oc1cccc(OC(C)C)c1-c1cccc2c1[P@](C(C)(C)C)C(C)O2. The Bertz CT molecular complexity index is 808. The molecule has 2 atom stereocenters. The molecule has 0 saturated carbocycles. The van der Waals surface area contributed by atoms with Crippen LogP contribution >= 0.6 is 7.92 Å². The molecular formula is C24H33O3P. The van der Waals surface area contributed by atoms with Crippen molar-refractivity contribution in [2.45, 2.75) is 78.6 Å². The number of benzene rings is 2. The third-order valence-electron chi connectivity index (χ3n) is 4.61. The summed E-state index contributed by atoms with van der Waals surface area (Å²) in [6.45, 7) is 17.4. The van der Waals surface area contributed by atoms with Crippen LogP contribution in [0, 0.1) is 0 Å². The zero-order valence-corrected chi connectivity index (χ0v) is 19.3. The van der Waals surface area contributed by atoms with Gasteiger partial charge in [0.15, 0.2) is 0 Å². The molecule has 1 unspecified atom stereocenters. The summed E-state index contributed by atoms with van der Waals surface area (Å²) in [6, 6.07) is 12.5. The van der Waals surface area contributed by atoms with Crippen LogP contribution in [0.25, 0.3) is 11.1 Å². The standard InChI is InChI=1S/C24H33O3P/c1-15(2)25-19-12-10-13-20(26-16(3)4)22(19)18-11-9-14-21-23(18)28(17(5)27-21)24(6,7)8/h9-17H,1-8H3/t17?,28-/m1/s1. The van der Waals surface area contributed by atoms with Gasteiger partial charge in [-0.25, -0.2) is 0 Å². The highest BCUT2D eigenvalue weighted by atomic mass is 31.1. The van der Waals surface area contributed by atoms with Crippen molar-refractivity contribution in [2.75, 3.05) is 0 Å². The monoisotopic (exact) mass is 400 g/mol. The normalized spacial score (nSPS) is 18.9. The second-order valence-corrected chi connectivity index (χ2v) is 12.1. The largest absolute Gasteiger partial charge is 0.490 e. The Morgan fingerprint density at radius 3 is 1.93 bits per heavy atom. The molecule has 0 saturated heterocycles. The molecular weight excluding hydrogens is 367 g/mol. The van der Waals surface area contributed by atoms with Gasteiger partial charge in [-0.3, -0.25) is 0 Å². The van der Waals surface area contributed by atoms with Gasteiger partial charge in [0.25, 0.3) is 0 Å². The smallest absolute Gasteiger partial charge is 0.131 e. The van der Waals surface area contributed by atoms with Crippen molar-refractivity contribution >= 4 is 13.2 Å². The molecule has 0 aromatic heterocycles. The third-order valence-corrected chi connectivity index (χ3v) is 7.83. The van der Waals surface area contributed by atoms with Crippen molar-refractivity contribution in [3.63, 3.8) is 0 Å². The fourth-order valence-corrected chi connectivity index (χ4v) is 7.00. The van der Waals surface area contributed by atoms with Crippen LogP contribution in [0.3, 0.4) is 0 Å². The maximum Gasteiger partial charge on any atom is 0.131 e. The molecule has 2 aromatic rings. The minimum absolute atomic E-state index is 0.0871. The minimum atomic E-state index is -0.506. The van der Waals surface area contributed by atoms with E-state index in [1.807, 2.05) is 18.2 Å². The van der Waals surface area contributed by atoms with Gasteiger partial charge in [0.05, 0.1) is 17.8 Å². The van der Waals surface area contributed by atoms with Crippen LogP contribution in [-0.4, -0.2) is 23.2 Å². The van der Waals surface area contributed by atoms with E-state index < -0.39 is 7.92 Å². The van der Waals surface area contributed by atoms with Gasteiger partial charge in [-0.05, 0) is 65.9 Å². The number of rotatable bonds is 5. The van der Waals surface area contributed by atoms with E-state index in [9.17, 15) is 0 Å². The van der Waals surface area contributed by atoms with E-state index in [1.165, 1.54) is 10.9 Å². The molecule has 28 heavy (non-hydrogen) atoms. The summed E-state index contributed by atoms with van der Waals surface area (Å²) in [6.07, 6.45) is 0.174. The summed E-state index contributed by atoms with van der Waals surface area (Å²) in [5.41, 5.74) is 2.21. The predicted molar refractivity (Wildman–Crippen MR) is 120 cm³/mol. The van der Waals surface area contributed by atoms with Crippen molar-refractivity contribution in [2.24, 2.45) is 0 Å². The first-order valence-corrected chi connectivity index (χ1v) is 11.6. The van der Waals surface area contributed by atoms with Gasteiger partial charge >= 0.3 is 0 Å². The van der Waals surface area contributed by atoms with Crippen molar-refractivity contribution in [1.29, 1.82) is 0 Å². The maximum absolute atomic E-state index is 6.30. The Morgan fingerprint density at radius 2 is 1.43 bits per heavy atom. The molecule has 152 valence electrons. The molecule has 0 fully saturated rings. The Hall–Kier alpha value is -1.73. The quantitative estimate of drug-likeness (QED) is 0.531. The molecule has 0 spiro atoms. The van der Waals surface area contributed by atoms with Gasteiger partial charge in [-0.15, -0.1) is 0 Å². The second-order valence-electron chi connectivity index (χ2n) is 8.87. The lowest BCUT2D eigenvalue weighted by molar-refractivity contribution is 0.231. The van der Waals surface area contributed by atoms with E-state index in [0.717, 1.165) is 22.8 Å². The van der Waals surface area contributed by atoms with E-state index in [2.05, 4.69) is 73.6 Å². The zero-order chi connectivity index (χ0) is 20.6. The topological polar surface area (TPSA) is 27.7 Å². The van der Waals surface area contributed by atoms with Crippen molar-refractivity contribution in [3.05, 3.63) is 36.4 Å². The molecule has 1 aliphatic rings. The fourth-order valence-electron chi connectivity index (χ4n) is 3.85. The number of hydrogen-bond acceptors (Lipinski definition) is 3. The highest BCUT2D eigenvalue weighted by molar-refractivity contribution is 7.68. The molecule has 1 heterocycles. The van der Waals surface area contributed by atoms with Gasteiger partial charge in [0.1, 0.15) is 23.1 Å². The van der Waals surface area contributed by atoms with Gasteiger partial charge in [-0.2, -0.15) is 0 Å². The minimum Gasteiger partial charge on any atom is -0.490 e. The molecule has 0 radical (unpaired) electrons. The molecule has 4 heteroatoms. The lowest BCUT2D eigenvalue weighted by Gasteiger charge is -2.31. The molecule has 0 aliphatic carbocycles. The Labute approximate surface area is 171 Å². The first-order chi connectivity index (χ1) is 13.1. The van der Waals surface area contributed by atoms with Gasteiger partial charge in [0, 0.05) is 10.9 Å². The Morgan fingerprint density at radius 1 is 0.893 bits per heavy atom. The van der Waals surface area contributed by atoms with Crippen LogP contribution in [0.2, 0.25) is 0 Å². The van der Waals surface area contributed by atoms with E-state index in [4.69, 9.17) is 14.2 Å². The average molecular weight is 400 g/mol. The fraction of sp³-hybridized carbons (Fsp3) is 0.500. The van der Waals surface area contributed by atoms with Crippen LogP contribution in [0.1, 0.15) is 55.4 Å². The lowest BCUT2D eigenvalue weighted by atomic mass is 10.0. The molecule has 0 amide bonds. The van der Waals surface area contributed by atoms with E-state index in [0.29, 0.717) is 0 Å². The van der Waals surface area contributed by atoms with E-state index in [1.54, 1.807) is 0 Å². The molecule has 0 N–H and O–H groups in total. The van der Waals surface area contributed by atoms with E-state index >= 15 is 0 Å². The molecule has 1 aliphatic heterocycles. The van der Waals surface area contributed by atoms with Crippen molar-refractivity contribution < 1.29 is 14.2 Å². The summed E-state index contributed by atoms with van der Waals surface area (Å²) >= 11 is 0. The summed E-state index contributed by atoms with van der Waals surface area (Å²) < 4.78 is 18.7. The van der Waals surface area contributed by atoms with E-state index in [-0.39, 0.29) is 23.2 Å². The molecule has 0 bridgehead atoms. The van der Waals surface area contributed by atoms with Crippen LogP contribution in [-0.2, 0) is 0 Å². The van der Waals surface area contributed by atoms with Crippen molar-refractivity contribution in [3.8, 4) is 28.4 Å². The molecule has 3 rings (SSSR count). The van der Waals surface area contributed by atoms with Gasteiger partial charge in [-0.1, -0.05) is 39.0 Å². The number of fused-ring (bicyclic) bond motifs is 1. The van der Waals surface area contributed by atoms with Crippen LogP contribution < -0.4 is 19.5 Å². The maximum atomic E-state index is 6.30. The van der Waals surface area contributed by atoms with Crippen LogP contribution in [0.5, 0.6) is 17.2 Å². The van der Waals surface area contributed by atoms with Crippen molar-refractivity contribution in [1.82, 2.24) is 0 Å². The van der Waals surface area contributed by atoms with Crippen LogP contribution in [0.4, 0.5) is 0 Å².